The summed E-state index contributed by atoms with van der Waals surface area (Å²) in [4.78, 5) is 26.0. The van der Waals surface area contributed by atoms with Crippen LogP contribution in [0.3, 0.4) is 0 Å². The fourth-order valence-electron chi connectivity index (χ4n) is 2.10. The monoisotopic (exact) mass is 326 g/mol. The summed E-state index contributed by atoms with van der Waals surface area (Å²) in [6, 6.07) is 14.0. The maximum atomic E-state index is 12.3. The topological polar surface area (TPSA) is 58.6 Å². The minimum Gasteiger partial charge on any atom is -0.462 e. The number of hydrogen-bond donors (Lipinski definition) is 1. The van der Waals surface area contributed by atoms with Gasteiger partial charge in [0, 0.05) is 31.0 Å². The number of ether oxygens (including phenoxy) is 1. The Morgan fingerprint density at radius 2 is 1.75 bits per heavy atom. The van der Waals surface area contributed by atoms with Crippen LogP contribution in [-0.2, 0) is 4.74 Å². The van der Waals surface area contributed by atoms with E-state index in [-0.39, 0.29) is 11.9 Å². The predicted molar refractivity (Wildman–Crippen MR) is 95.7 cm³/mol. The summed E-state index contributed by atoms with van der Waals surface area (Å²) in [5, 5.41) is 2.82. The number of esters is 1. The van der Waals surface area contributed by atoms with Gasteiger partial charge in [0.1, 0.15) is 0 Å². The van der Waals surface area contributed by atoms with Crippen LogP contribution in [0.1, 0.15) is 34.1 Å². The van der Waals surface area contributed by atoms with Gasteiger partial charge in [-0.3, -0.25) is 4.79 Å². The summed E-state index contributed by atoms with van der Waals surface area (Å²) >= 11 is 0. The van der Waals surface area contributed by atoms with E-state index in [0.717, 1.165) is 12.1 Å². The molecule has 126 valence electrons. The number of carbonyl (C=O) groups is 2. The molecule has 0 spiro atoms. The number of hydrogen-bond acceptors (Lipinski definition) is 4. The third kappa shape index (κ3) is 4.59. The van der Waals surface area contributed by atoms with E-state index in [1.165, 1.54) is 0 Å². The Kier molecular flexibility index (Phi) is 5.95. The first-order valence-corrected chi connectivity index (χ1v) is 7.87. The average Bonchev–Trinajstić information content (AvgIpc) is 2.60. The Hall–Kier alpha value is -2.82. The molecule has 24 heavy (non-hydrogen) atoms. The lowest BCUT2D eigenvalue weighted by Gasteiger charge is -2.13. The third-order valence-electron chi connectivity index (χ3n) is 3.44. The highest BCUT2D eigenvalue weighted by atomic mass is 16.5. The van der Waals surface area contributed by atoms with Crippen molar-refractivity contribution < 1.29 is 14.3 Å². The number of rotatable bonds is 6. The summed E-state index contributed by atoms with van der Waals surface area (Å²) < 4.78 is 5.07. The van der Waals surface area contributed by atoms with E-state index >= 15 is 0 Å². The van der Waals surface area contributed by atoms with Gasteiger partial charge in [0.2, 0.25) is 0 Å². The van der Waals surface area contributed by atoms with Gasteiger partial charge in [-0.25, -0.2) is 4.79 Å². The summed E-state index contributed by atoms with van der Waals surface area (Å²) in [5.41, 5.74) is 2.63. The zero-order valence-corrected chi connectivity index (χ0v) is 14.2. The highest BCUT2D eigenvalue weighted by Crippen LogP contribution is 2.16. The van der Waals surface area contributed by atoms with Gasteiger partial charge in [-0.05, 0) is 48.9 Å². The lowest BCUT2D eigenvalue weighted by Crippen LogP contribution is -2.14. The molecule has 0 atom stereocenters. The quantitative estimate of drug-likeness (QED) is 0.825. The number of anilines is 2. The first-order valence-electron chi connectivity index (χ1n) is 7.87. The Labute approximate surface area is 142 Å². The second-order valence-corrected chi connectivity index (χ2v) is 5.61. The molecule has 0 fully saturated rings. The van der Waals surface area contributed by atoms with Gasteiger partial charge >= 0.3 is 5.97 Å². The van der Waals surface area contributed by atoms with Crippen LogP contribution < -0.4 is 10.2 Å². The van der Waals surface area contributed by atoms with Crippen molar-refractivity contribution in [1.82, 2.24) is 0 Å². The van der Waals surface area contributed by atoms with Crippen LogP contribution in [-0.4, -0.2) is 32.6 Å². The van der Waals surface area contributed by atoms with Gasteiger partial charge in [0.25, 0.3) is 5.91 Å². The fourth-order valence-corrected chi connectivity index (χ4v) is 2.10. The molecule has 2 aromatic carbocycles. The zero-order valence-electron chi connectivity index (χ0n) is 14.2. The molecule has 0 saturated heterocycles. The van der Waals surface area contributed by atoms with Crippen molar-refractivity contribution in [2.24, 2.45) is 0 Å². The van der Waals surface area contributed by atoms with E-state index in [2.05, 4.69) is 5.32 Å². The number of amides is 1. The normalized spacial score (nSPS) is 10.1. The molecule has 2 rings (SSSR count). The molecule has 2 aromatic rings. The molecule has 0 aliphatic heterocycles. The highest BCUT2D eigenvalue weighted by Gasteiger charge is 2.09. The SMILES string of the molecule is CCCOC(=O)c1ccc(NC(=O)c2cccc(N(C)C)c2)cc1. The van der Waals surface area contributed by atoms with Crippen LogP contribution in [0.5, 0.6) is 0 Å². The molecule has 1 amide bonds. The van der Waals surface area contributed by atoms with Gasteiger partial charge in [0.05, 0.1) is 12.2 Å². The third-order valence-corrected chi connectivity index (χ3v) is 3.44. The molecule has 0 radical (unpaired) electrons. The molecule has 0 bridgehead atoms. The summed E-state index contributed by atoms with van der Waals surface area (Å²) in [5.74, 6) is -0.548. The van der Waals surface area contributed by atoms with Crippen LogP contribution in [0.4, 0.5) is 11.4 Å². The fraction of sp³-hybridized carbons (Fsp3) is 0.263. The summed E-state index contributed by atoms with van der Waals surface area (Å²) in [6.07, 6.45) is 0.784. The number of nitrogens with zero attached hydrogens (tertiary/aromatic N) is 1. The maximum Gasteiger partial charge on any atom is 0.338 e. The van der Waals surface area contributed by atoms with Gasteiger partial charge in [0.15, 0.2) is 0 Å². The van der Waals surface area contributed by atoms with Crippen LogP contribution in [0.15, 0.2) is 48.5 Å². The van der Waals surface area contributed by atoms with Gasteiger partial charge in [-0.15, -0.1) is 0 Å². The summed E-state index contributed by atoms with van der Waals surface area (Å²) in [6.45, 7) is 2.34. The number of carbonyl (C=O) groups excluding carboxylic acids is 2. The molecular weight excluding hydrogens is 304 g/mol. The average molecular weight is 326 g/mol. The van der Waals surface area contributed by atoms with E-state index in [1.54, 1.807) is 30.3 Å². The lowest BCUT2D eigenvalue weighted by molar-refractivity contribution is 0.0505. The molecule has 0 unspecified atom stereocenters. The highest BCUT2D eigenvalue weighted by molar-refractivity contribution is 6.05. The van der Waals surface area contributed by atoms with Gasteiger partial charge < -0.3 is 15.0 Å². The lowest BCUT2D eigenvalue weighted by atomic mass is 10.1. The van der Waals surface area contributed by atoms with Crippen molar-refractivity contribution in [2.45, 2.75) is 13.3 Å². The second kappa shape index (κ2) is 8.15. The second-order valence-electron chi connectivity index (χ2n) is 5.61. The first kappa shape index (κ1) is 17.5. The summed E-state index contributed by atoms with van der Waals surface area (Å²) in [7, 11) is 3.85. The molecule has 0 heterocycles. The van der Waals surface area contributed by atoms with Crippen molar-refractivity contribution in [2.75, 3.05) is 30.9 Å². The molecule has 0 aliphatic rings. The minimum absolute atomic E-state index is 0.194. The Morgan fingerprint density at radius 3 is 2.38 bits per heavy atom. The largest absolute Gasteiger partial charge is 0.462 e. The van der Waals surface area contributed by atoms with Crippen molar-refractivity contribution in [3.05, 3.63) is 59.7 Å². The molecule has 0 aliphatic carbocycles. The number of benzene rings is 2. The molecule has 5 nitrogen and oxygen atoms in total. The zero-order chi connectivity index (χ0) is 17.5. The van der Waals surface area contributed by atoms with Crippen molar-refractivity contribution in [3.8, 4) is 0 Å². The maximum absolute atomic E-state index is 12.3. The van der Waals surface area contributed by atoms with Crippen molar-refractivity contribution in [1.29, 1.82) is 0 Å². The van der Waals surface area contributed by atoms with E-state index < -0.39 is 0 Å². The van der Waals surface area contributed by atoms with Gasteiger partial charge in [-0.1, -0.05) is 13.0 Å². The Balaban J connectivity index is 2.04. The predicted octanol–water partition coefficient (Wildman–Crippen LogP) is 3.57. The van der Waals surface area contributed by atoms with Crippen LogP contribution in [0, 0.1) is 0 Å². The van der Waals surface area contributed by atoms with E-state index in [9.17, 15) is 9.59 Å². The van der Waals surface area contributed by atoms with E-state index in [1.807, 2.05) is 44.1 Å². The van der Waals surface area contributed by atoms with Crippen LogP contribution >= 0.6 is 0 Å². The van der Waals surface area contributed by atoms with Gasteiger partial charge in [-0.2, -0.15) is 0 Å². The van der Waals surface area contributed by atoms with E-state index in [0.29, 0.717) is 23.4 Å². The van der Waals surface area contributed by atoms with Crippen molar-refractivity contribution >= 4 is 23.3 Å². The molecule has 5 heteroatoms. The first-order chi connectivity index (χ1) is 11.5. The minimum atomic E-state index is -0.353. The van der Waals surface area contributed by atoms with Crippen molar-refractivity contribution in [3.63, 3.8) is 0 Å². The Bertz CT molecular complexity index is 709. The van der Waals surface area contributed by atoms with Crippen LogP contribution in [0.25, 0.3) is 0 Å². The number of nitrogens with one attached hydrogen (secondary N) is 1. The molecule has 0 aromatic heterocycles. The smallest absolute Gasteiger partial charge is 0.338 e. The van der Waals surface area contributed by atoms with E-state index in [4.69, 9.17) is 4.74 Å². The van der Waals surface area contributed by atoms with Crippen LogP contribution in [0.2, 0.25) is 0 Å². The molecule has 0 saturated carbocycles. The molecule has 1 N–H and O–H groups in total. The Morgan fingerprint density at radius 1 is 1.04 bits per heavy atom. The standard InChI is InChI=1S/C19H22N2O3/c1-4-12-24-19(23)14-8-10-16(11-9-14)20-18(22)15-6-5-7-17(13-15)21(2)3/h5-11,13H,4,12H2,1-3H3,(H,20,22). The molecular formula is C19H22N2O3.